The standard InChI is InChI=1S/C33H52N8O4/c1-32(2,21-39-30(35)40-31(43)37-6)20-33(3,4)22-41(23-42)16-10-13-24-11-8-9-12-25(24)19-45-28-15-14-27(44-7)17-26(28)18-38-29(34)36-5/h8-9,11-12,14-15,17,23H,10,13,16,18-22H2,1-7H3,(H3,34,36,38)(H4,35,37,39,40,43). The number of urea groups is 1. The molecule has 45 heavy (non-hydrogen) atoms. The molecule has 12 heteroatoms. The molecule has 0 atom stereocenters. The number of guanidine groups is 2. The first-order valence-corrected chi connectivity index (χ1v) is 15.2. The molecule has 0 aromatic heterocycles. The van der Waals surface area contributed by atoms with Crippen molar-refractivity contribution in [3.8, 4) is 11.5 Å². The van der Waals surface area contributed by atoms with E-state index in [1.54, 1.807) is 14.2 Å². The number of hydrogen-bond donors (Lipinski definition) is 7. The number of amides is 3. The van der Waals surface area contributed by atoms with E-state index in [1.165, 1.54) is 12.6 Å². The quantitative estimate of drug-likeness (QED) is 0.0799. The molecule has 2 rings (SSSR count). The Balaban J connectivity index is 1.95. The predicted molar refractivity (Wildman–Crippen MR) is 179 cm³/mol. The van der Waals surface area contributed by atoms with E-state index in [4.69, 9.17) is 20.3 Å². The summed E-state index contributed by atoms with van der Waals surface area (Å²) in [5.41, 5.74) is 2.80. The molecule has 0 spiro atoms. The molecule has 2 aromatic carbocycles. The highest BCUT2D eigenvalue weighted by molar-refractivity contribution is 5.94. The van der Waals surface area contributed by atoms with Crippen LogP contribution in [0.1, 0.15) is 57.2 Å². The van der Waals surface area contributed by atoms with Crippen LogP contribution in [0.25, 0.3) is 0 Å². The molecule has 2 aromatic rings. The fourth-order valence-electron chi connectivity index (χ4n) is 5.48. The van der Waals surface area contributed by atoms with E-state index in [0.29, 0.717) is 44.3 Å². The Morgan fingerprint density at radius 2 is 1.64 bits per heavy atom. The van der Waals surface area contributed by atoms with Crippen LogP contribution in [0.5, 0.6) is 11.5 Å². The highest BCUT2D eigenvalue weighted by Crippen LogP contribution is 2.34. The summed E-state index contributed by atoms with van der Waals surface area (Å²) in [5.74, 6) is 1.60. The summed E-state index contributed by atoms with van der Waals surface area (Å²) in [6.45, 7) is 11.1. The number of hydrogen-bond acceptors (Lipinski definition) is 6. The Labute approximate surface area is 268 Å². The van der Waals surface area contributed by atoms with Gasteiger partial charge in [0.1, 0.15) is 18.1 Å². The Morgan fingerprint density at radius 3 is 2.29 bits per heavy atom. The molecule has 0 aliphatic heterocycles. The van der Waals surface area contributed by atoms with Crippen molar-refractivity contribution in [2.45, 2.75) is 60.1 Å². The number of nitrogens with one attached hydrogen (secondary N) is 7. The van der Waals surface area contributed by atoms with Gasteiger partial charge in [-0.1, -0.05) is 52.0 Å². The molecule has 0 heterocycles. The van der Waals surface area contributed by atoms with Crippen LogP contribution >= 0.6 is 0 Å². The molecular weight excluding hydrogens is 572 g/mol. The van der Waals surface area contributed by atoms with E-state index in [0.717, 1.165) is 36.8 Å². The second-order valence-electron chi connectivity index (χ2n) is 12.6. The van der Waals surface area contributed by atoms with Crippen molar-refractivity contribution in [1.82, 2.24) is 31.5 Å². The summed E-state index contributed by atoms with van der Waals surface area (Å²) in [6, 6.07) is 13.4. The van der Waals surface area contributed by atoms with Crippen LogP contribution < -0.4 is 36.1 Å². The van der Waals surface area contributed by atoms with Gasteiger partial charge in [0.2, 0.25) is 6.41 Å². The van der Waals surface area contributed by atoms with Crippen LogP contribution in [0.3, 0.4) is 0 Å². The molecule has 0 bridgehead atoms. The van der Waals surface area contributed by atoms with Crippen molar-refractivity contribution in [2.24, 2.45) is 10.8 Å². The number of carbonyl (C=O) groups excluding carboxylic acids is 2. The van der Waals surface area contributed by atoms with Crippen molar-refractivity contribution in [3.63, 3.8) is 0 Å². The summed E-state index contributed by atoms with van der Waals surface area (Å²) >= 11 is 0. The second-order valence-corrected chi connectivity index (χ2v) is 12.6. The minimum Gasteiger partial charge on any atom is -0.497 e. The smallest absolute Gasteiger partial charge is 0.321 e. The molecule has 0 aliphatic rings. The molecule has 0 fully saturated rings. The Hall–Kier alpha value is -4.48. The highest BCUT2D eigenvalue weighted by Gasteiger charge is 2.30. The van der Waals surface area contributed by atoms with Crippen LogP contribution in [0, 0.1) is 21.6 Å². The van der Waals surface area contributed by atoms with Gasteiger partial charge in [-0.3, -0.25) is 20.9 Å². The third-order valence-corrected chi connectivity index (χ3v) is 7.31. The predicted octanol–water partition coefficient (Wildman–Crippen LogP) is 3.80. The average molecular weight is 625 g/mol. The number of benzene rings is 2. The molecule has 3 amide bonds. The average Bonchev–Trinajstić information content (AvgIpc) is 3.01. The van der Waals surface area contributed by atoms with E-state index in [1.807, 2.05) is 35.2 Å². The Morgan fingerprint density at radius 1 is 0.933 bits per heavy atom. The summed E-state index contributed by atoms with van der Waals surface area (Å²) < 4.78 is 11.6. The molecule has 248 valence electrons. The lowest BCUT2D eigenvalue weighted by atomic mass is 9.74. The minimum atomic E-state index is -0.440. The highest BCUT2D eigenvalue weighted by atomic mass is 16.5. The van der Waals surface area contributed by atoms with Gasteiger partial charge in [-0.05, 0) is 59.4 Å². The normalized spacial score (nSPS) is 11.2. The van der Waals surface area contributed by atoms with Crippen molar-refractivity contribution in [1.29, 1.82) is 10.8 Å². The summed E-state index contributed by atoms with van der Waals surface area (Å²) in [4.78, 5) is 25.3. The van der Waals surface area contributed by atoms with Gasteiger partial charge in [-0.25, -0.2) is 4.79 Å². The van der Waals surface area contributed by atoms with Crippen molar-refractivity contribution < 1.29 is 19.1 Å². The number of carbonyl (C=O) groups is 2. The van der Waals surface area contributed by atoms with E-state index >= 15 is 0 Å². The zero-order valence-corrected chi connectivity index (χ0v) is 27.9. The minimum absolute atomic E-state index is 0.0483. The van der Waals surface area contributed by atoms with Crippen molar-refractivity contribution >= 4 is 24.4 Å². The Kier molecular flexibility index (Phi) is 14.5. The summed E-state index contributed by atoms with van der Waals surface area (Å²) in [7, 11) is 4.81. The molecule has 0 saturated carbocycles. The SMILES string of the molecule is CNC(=N)NCc1cc(OC)ccc1OCc1ccccc1CCCN(C=O)CC(C)(C)CC(C)(C)CNC(=N)NC(=O)NC. The summed E-state index contributed by atoms with van der Waals surface area (Å²) in [6.07, 6.45) is 3.35. The molecule has 0 unspecified atom stereocenters. The lowest BCUT2D eigenvalue weighted by Crippen LogP contribution is -2.47. The lowest BCUT2D eigenvalue weighted by Gasteiger charge is -2.37. The van der Waals surface area contributed by atoms with E-state index in [9.17, 15) is 9.59 Å². The lowest BCUT2D eigenvalue weighted by molar-refractivity contribution is -0.119. The third-order valence-electron chi connectivity index (χ3n) is 7.31. The largest absolute Gasteiger partial charge is 0.497 e. The number of aryl methyl sites for hydroxylation is 1. The maximum absolute atomic E-state index is 12.0. The van der Waals surface area contributed by atoms with Crippen molar-refractivity contribution in [3.05, 3.63) is 59.2 Å². The van der Waals surface area contributed by atoms with Crippen LogP contribution in [0.15, 0.2) is 42.5 Å². The van der Waals surface area contributed by atoms with Gasteiger partial charge in [0, 0.05) is 45.8 Å². The maximum Gasteiger partial charge on any atom is 0.321 e. The van der Waals surface area contributed by atoms with Gasteiger partial charge in [-0.2, -0.15) is 0 Å². The molecule has 0 aliphatic carbocycles. The first kappa shape index (κ1) is 36.7. The first-order valence-electron chi connectivity index (χ1n) is 15.2. The van der Waals surface area contributed by atoms with Crippen LogP contribution in [0.4, 0.5) is 4.79 Å². The molecule has 7 N–H and O–H groups in total. The van der Waals surface area contributed by atoms with E-state index in [2.05, 4.69) is 66.4 Å². The van der Waals surface area contributed by atoms with Gasteiger partial charge < -0.3 is 35.6 Å². The zero-order chi connectivity index (χ0) is 33.5. The maximum atomic E-state index is 12.0. The fraction of sp³-hybridized carbons (Fsp3) is 0.515. The Bertz CT molecular complexity index is 1280. The zero-order valence-electron chi connectivity index (χ0n) is 27.9. The number of ether oxygens (including phenoxy) is 2. The van der Waals surface area contributed by atoms with Gasteiger partial charge >= 0.3 is 6.03 Å². The molecule has 0 radical (unpaired) electrons. The van der Waals surface area contributed by atoms with Crippen molar-refractivity contribution in [2.75, 3.05) is 40.8 Å². The number of methoxy groups -OCH3 is 1. The van der Waals surface area contributed by atoms with Crippen LogP contribution in [0.2, 0.25) is 0 Å². The second kappa shape index (κ2) is 17.7. The van der Waals surface area contributed by atoms with Gasteiger partial charge in [0.05, 0.1) is 7.11 Å². The van der Waals surface area contributed by atoms with Crippen LogP contribution in [-0.2, 0) is 24.4 Å². The third kappa shape index (κ3) is 13.4. The van der Waals surface area contributed by atoms with Gasteiger partial charge in [0.25, 0.3) is 0 Å². The van der Waals surface area contributed by atoms with Gasteiger partial charge in [0.15, 0.2) is 11.9 Å². The molecular formula is C33H52N8O4. The van der Waals surface area contributed by atoms with Crippen LogP contribution in [-0.4, -0.2) is 70.1 Å². The van der Waals surface area contributed by atoms with Gasteiger partial charge in [-0.15, -0.1) is 0 Å². The number of nitrogens with zero attached hydrogens (tertiary/aromatic N) is 1. The fourth-order valence-corrected chi connectivity index (χ4v) is 5.48. The first-order chi connectivity index (χ1) is 21.3. The topological polar surface area (TPSA) is 164 Å². The monoisotopic (exact) mass is 624 g/mol. The van der Waals surface area contributed by atoms with E-state index < -0.39 is 6.03 Å². The molecule has 12 nitrogen and oxygen atoms in total. The number of rotatable bonds is 17. The molecule has 0 saturated heterocycles. The van der Waals surface area contributed by atoms with E-state index in [-0.39, 0.29) is 22.7 Å². The summed E-state index contributed by atoms with van der Waals surface area (Å²) in [5, 5.41) is 29.4.